The molecule has 0 atom stereocenters. The average Bonchev–Trinajstić information content (AvgIpc) is 3.12. The van der Waals surface area contributed by atoms with Crippen molar-refractivity contribution in [2.24, 2.45) is 0 Å². The van der Waals surface area contributed by atoms with Crippen LogP contribution in [0.2, 0.25) is 0 Å². The topological polar surface area (TPSA) is 43.6 Å². The van der Waals surface area contributed by atoms with E-state index in [4.69, 9.17) is 9.72 Å². The van der Waals surface area contributed by atoms with Crippen LogP contribution in [0, 0.1) is 0 Å². The van der Waals surface area contributed by atoms with Gasteiger partial charge < -0.3 is 4.74 Å². The standard InChI is InChI=1S/C23H20N2O2S/c1-27-19-10-8-18(9-11-19)22(26)21-23(28-2)24-20-15-17(12-13-25(20)21)14-16-6-4-3-5-7-16/h3-13,15H,14H2,1-2H3. The quantitative estimate of drug-likeness (QED) is 0.349. The fourth-order valence-electron chi connectivity index (χ4n) is 3.23. The van der Waals surface area contributed by atoms with Crippen LogP contribution >= 0.6 is 11.8 Å². The van der Waals surface area contributed by atoms with Crippen molar-refractivity contribution in [2.45, 2.75) is 11.4 Å². The summed E-state index contributed by atoms with van der Waals surface area (Å²) in [5.74, 6) is 0.681. The monoisotopic (exact) mass is 388 g/mol. The number of methoxy groups -OCH3 is 1. The maximum absolute atomic E-state index is 13.2. The Bertz CT molecular complexity index is 1120. The zero-order valence-corrected chi connectivity index (χ0v) is 16.6. The lowest BCUT2D eigenvalue weighted by atomic mass is 10.1. The molecule has 5 heteroatoms. The molecule has 2 aromatic heterocycles. The van der Waals surface area contributed by atoms with Gasteiger partial charge in [-0.1, -0.05) is 30.3 Å². The number of carbonyl (C=O) groups excluding carboxylic acids is 1. The van der Waals surface area contributed by atoms with E-state index in [1.165, 1.54) is 22.9 Å². The van der Waals surface area contributed by atoms with Gasteiger partial charge in [-0.15, -0.1) is 11.8 Å². The molecule has 0 saturated heterocycles. The minimum Gasteiger partial charge on any atom is -0.497 e. The number of rotatable bonds is 6. The summed E-state index contributed by atoms with van der Waals surface area (Å²) in [6, 6.07) is 21.6. The predicted octanol–water partition coefficient (Wildman–Crippen LogP) is 4.89. The SMILES string of the molecule is COc1ccc(C(=O)c2c(SC)nc3cc(Cc4ccccc4)ccn23)cc1. The molecular formula is C23H20N2O2S. The molecule has 28 heavy (non-hydrogen) atoms. The van der Waals surface area contributed by atoms with Crippen LogP contribution in [0.15, 0.2) is 78.0 Å². The number of nitrogens with zero attached hydrogens (tertiary/aromatic N) is 2. The normalized spacial score (nSPS) is 10.9. The van der Waals surface area contributed by atoms with E-state index in [2.05, 4.69) is 24.3 Å². The van der Waals surface area contributed by atoms with Crippen molar-refractivity contribution >= 4 is 23.2 Å². The summed E-state index contributed by atoms with van der Waals surface area (Å²) >= 11 is 1.48. The highest BCUT2D eigenvalue weighted by Crippen LogP contribution is 2.26. The highest BCUT2D eigenvalue weighted by molar-refractivity contribution is 7.98. The Balaban J connectivity index is 1.72. The van der Waals surface area contributed by atoms with E-state index in [0.29, 0.717) is 11.3 Å². The van der Waals surface area contributed by atoms with E-state index in [-0.39, 0.29) is 5.78 Å². The van der Waals surface area contributed by atoms with Crippen molar-refractivity contribution in [3.05, 3.63) is 95.3 Å². The first-order valence-corrected chi connectivity index (χ1v) is 10.2. The van der Waals surface area contributed by atoms with E-state index in [1.54, 1.807) is 31.4 Å². The number of pyridine rings is 1. The zero-order valence-electron chi connectivity index (χ0n) is 15.8. The van der Waals surface area contributed by atoms with Gasteiger partial charge in [0.25, 0.3) is 0 Å². The Morgan fingerprint density at radius 2 is 1.79 bits per heavy atom. The number of ketones is 1. The molecule has 0 spiro atoms. The number of hydrogen-bond donors (Lipinski definition) is 0. The number of ether oxygens (including phenoxy) is 1. The first kappa shape index (κ1) is 18.3. The molecule has 0 aliphatic carbocycles. The molecule has 0 unspecified atom stereocenters. The summed E-state index contributed by atoms with van der Waals surface area (Å²) < 4.78 is 7.07. The molecule has 4 aromatic rings. The van der Waals surface area contributed by atoms with Gasteiger partial charge >= 0.3 is 0 Å². The van der Waals surface area contributed by atoms with Crippen molar-refractivity contribution in [3.8, 4) is 5.75 Å². The molecular weight excluding hydrogens is 368 g/mol. The van der Waals surface area contributed by atoms with Gasteiger partial charge in [0.1, 0.15) is 22.1 Å². The third-order valence-electron chi connectivity index (χ3n) is 4.67. The van der Waals surface area contributed by atoms with Gasteiger partial charge in [-0.05, 0) is 60.2 Å². The fraction of sp³-hybridized carbons (Fsp3) is 0.130. The molecule has 4 rings (SSSR count). The third kappa shape index (κ3) is 3.53. The lowest BCUT2D eigenvalue weighted by molar-refractivity contribution is 0.103. The molecule has 4 nitrogen and oxygen atoms in total. The van der Waals surface area contributed by atoms with Crippen molar-refractivity contribution in [2.75, 3.05) is 13.4 Å². The molecule has 0 aliphatic rings. The number of hydrogen-bond acceptors (Lipinski definition) is 4. The number of imidazole rings is 1. The van der Waals surface area contributed by atoms with Gasteiger partial charge in [0.2, 0.25) is 5.78 Å². The van der Waals surface area contributed by atoms with Crippen LogP contribution in [-0.2, 0) is 6.42 Å². The van der Waals surface area contributed by atoms with Crippen LogP contribution in [0.3, 0.4) is 0 Å². The smallest absolute Gasteiger partial charge is 0.212 e. The maximum atomic E-state index is 13.2. The van der Waals surface area contributed by atoms with Crippen LogP contribution in [-0.4, -0.2) is 28.5 Å². The van der Waals surface area contributed by atoms with E-state index in [0.717, 1.165) is 22.8 Å². The Hall–Kier alpha value is -3.05. The highest BCUT2D eigenvalue weighted by Gasteiger charge is 2.20. The second-order valence-corrected chi connectivity index (χ2v) is 7.25. The fourth-order valence-corrected chi connectivity index (χ4v) is 3.80. The van der Waals surface area contributed by atoms with E-state index in [9.17, 15) is 4.79 Å². The first-order chi connectivity index (χ1) is 13.7. The summed E-state index contributed by atoms with van der Waals surface area (Å²) in [6.07, 6.45) is 4.72. The molecule has 2 aromatic carbocycles. The average molecular weight is 388 g/mol. The second-order valence-electron chi connectivity index (χ2n) is 6.45. The summed E-state index contributed by atoms with van der Waals surface area (Å²) in [6.45, 7) is 0. The summed E-state index contributed by atoms with van der Waals surface area (Å²) in [4.78, 5) is 17.9. The molecule has 0 radical (unpaired) electrons. The molecule has 0 saturated carbocycles. The minimum atomic E-state index is -0.0460. The van der Waals surface area contributed by atoms with E-state index in [1.807, 2.05) is 35.1 Å². The van der Waals surface area contributed by atoms with Crippen molar-refractivity contribution < 1.29 is 9.53 Å². The summed E-state index contributed by atoms with van der Waals surface area (Å²) in [5.41, 5.74) is 4.41. The number of aromatic nitrogens is 2. The highest BCUT2D eigenvalue weighted by atomic mass is 32.2. The van der Waals surface area contributed by atoms with Crippen molar-refractivity contribution in [1.29, 1.82) is 0 Å². The number of benzene rings is 2. The minimum absolute atomic E-state index is 0.0460. The summed E-state index contributed by atoms with van der Waals surface area (Å²) in [5, 5.41) is 0.734. The Morgan fingerprint density at radius 1 is 1.04 bits per heavy atom. The maximum Gasteiger partial charge on any atom is 0.212 e. The molecule has 0 amide bonds. The van der Waals surface area contributed by atoms with Gasteiger partial charge in [0.05, 0.1) is 7.11 Å². The molecule has 140 valence electrons. The predicted molar refractivity (Wildman–Crippen MR) is 113 cm³/mol. The van der Waals surface area contributed by atoms with Gasteiger partial charge in [0.15, 0.2) is 0 Å². The number of thioether (sulfide) groups is 1. The van der Waals surface area contributed by atoms with Gasteiger partial charge in [-0.25, -0.2) is 4.98 Å². The third-order valence-corrected chi connectivity index (χ3v) is 5.34. The van der Waals surface area contributed by atoms with Crippen LogP contribution < -0.4 is 4.74 Å². The summed E-state index contributed by atoms with van der Waals surface area (Å²) in [7, 11) is 1.61. The van der Waals surface area contributed by atoms with Crippen LogP contribution in [0.4, 0.5) is 0 Å². The Labute approximate surface area is 168 Å². The molecule has 0 bridgehead atoms. The molecule has 0 aliphatic heterocycles. The van der Waals surface area contributed by atoms with E-state index >= 15 is 0 Å². The van der Waals surface area contributed by atoms with E-state index < -0.39 is 0 Å². The van der Waals surface area contributed by atoms with Crippen LogP contribution in [0.1, 0.15) is 27.2 Å². The number of carbonyl (C=O) groups is 1. The number of fused-ring (bicyclic) bond motifs is 1. The van der Waals surface area contributed by atoms with Gasteiger partial charge in [0, 0.05) is 11.8 Å². The first-order valence-electron chi connectivity index (χ1n) is 8.97. The van der Waals surface area contributed by atoms with Crippen molar-refractivity contribution in [1.82, 2.24) is 9.38 Å². The Kier molecular flexibility index (Phi) is 5.17. The lowest BCUT2D eigenvalue weighted by Crippen LogP contribution is -2.06. The zero-order chi connectivity index (χ0) is 19.5. The largest absolute Gasteiger partial charge is 0.497 e. The molecule has 0 N–H and O–H groups in total. The molecule has 2 heterocycles. The van der Waals surface area contributed by atoms with Gasteiger partial charge in [-0.2, -0.15) is 0 Å². The van der Waals surface area contributed by atoms with Crippen LogP contribution in [0.5, 0.6) is 5.75 Å². The van der Waals surface area contributed by atoms with Crippen molar-refractivity contribution in [3.63, 3.8) is 0 Å². The lowest BCUT2D eigenvalue weighted by Gasteiger charge is -2.06. The molecule has 0 fully saturated rings. The Morgan fingerprint density at radius 3 is 2.46 bits per heavy atom. The van der Waals surface area contributed by atoms with Crippen LogP contribution in [0.25, 0.3) is 5.65 Å². The second kappa shape index (κ2) is 7.90. The van der Waals surface area contributed by atoms with Gasteiger partial charge in [-0.3, -0.25) is 9.20 Å².